The lowest BCUT2D eigenvalue weighted by molar-refractivity contribution is 0.0353. The number of amides is 6. The first-order chi connectivity index (χ1) is 35.5. The van der Waals surface area contributed by atoms with Gasteiger partial charge in [-0.2, -0.15) is 0 Å². The Balaban J connectivity index is 0.000000247. The second kappa shape index (κ2) is 26.3. The number of nitrogens with one attached hydrogen (secondary N) is 3. The number of hydrogen-bond acceptors (Lipinski definition) is 6. The number of carbonyl (C=O) groups is 6. The monoisotopic (exact) mass is 1080 g/mol. The zero-order valence-electron chi connectivity index (χ0n) is 44.2. The van der Waals surface area contributed by atoms with E-state index in [0.717, 1.165) is 52.2 Å². The van der Waals surface area contributed by atoms with E-state index in [1.54, 1.807) is 114 Å². The number of halogens is 6. The van der Waals surface area contributed by atoms with E-state index in [9.17, 15) is 46.3 Å². The fourth-order valence-electron chi connectivity index (χ4n) is 6.81. The summed E-state index contributed by atoms with van der Waals surface area (Å²) in [5, 5.41) is 3.85. The van der Waals surface area contributed by atoms with Crippen molar-refractivity contribution in [2.24, 2.45) is 0 Å². The van der Waals surface area contributed by atoms with Gasteiger partial charge >= 0.3 is 0 Å². The average Bonchev–Trinajstić information content (AvgIpc) is 3.37. The van der Waals surface area contributed by atoms with Crippen molar-refractivity contribution in [2.45, 2.75) is 106 Å². The van der Waals surface area contributed by atoms with Gasteiger partial charge < -0.3 is 0 Å². The lowest BCUT2D eigenvalue weighted by Gasteiger charge is -2.35. The normalized spacial score (nSPS) is 11.1. The van der Waals surface area contributed by atoms with Gasteiger partial charge in [-0.1, -0.05) is 97.7 Å². The van der Waals surface area contributed by atoms with E-state index in [0.29, 0.717) is 16.7 Å². The molecule has 0 aliphatic rings. The predicted octanol–water partition coefficient (Wildman–Crippen LogP) is 12.8. The molecule has 0 aliphatic carbocycles. The molecule has 0 aromatic heterocycles. The molecule has 6 aromatic carbocycles. The fraction of sp³-hybridized carbons (Fsp3) is 0.276. The third-order valence-corrected chi connectivity index (χ3v) is 11.9. The molecule has 18 heteroatoms. The Morgan fingerprint density at radius 2 is 0.763 bits per heavy atom. The van der Waals surface area contributed by atoms with Crippen molar-refractivity contribution in [3.05, 3.63) is 211 Å². The van der Waals surface area contributed by atoms with Gasteiger partial charge in [-0.3, -0.25) is 45.0 Å². The Morgan fingerprint density at radius 1 is 0.408 bits per heavy atom. The quantitative estimate of drug-likeness (QED) is 0.102. The number of nitrogens with zero attached hydrogens (tertiary/aromatic N) is 3. The third kappa shape index (κ3) is 16.2. The molecule has 6 rings (SSSR count). The Morgan fingerprint density at radius 3 is 1.18 bits per heavy atom. The summed E-state index contributed by atoms with van der Waals surface area (Å²) in [6, 6.07) is 34.1. The van der Waals surface area contributed by atoms with Gasteiger partial charge in [0.1, 0.15) is 0 Å². The van der Waals surface area contributed by atoms with Gasteiger partial charge in [0.25, 0.3) is 35.4 Å². The topological polar surface area (TPSA) is 148 Å². The molecule has 0 radical (unpaired) electrons. The van der Waals surface area contributed by atoms with Crippen LogP contribution in [0.4, 0.5) is 17.6 Å². The number of benzene rings is 6. The molecule has 6 aromatic rings. The van der Waals surface area contributed by atoms with Gasteiger partial charge in [-0.15, -0.1) is 0 Å². The van der Waals surface area contributed by atoms with E-state index in [2.05, 4.69) is 16.3 Å². The van der Waals surface area contributed by atoms with Crippen LogP contribution < -0.4 is 16.3 Å². The Bertz CT molecular complexity index is 2890. The van der Waals surface area contributed by atoms with Crippen molar-refractivity contribution >= 4 is 58.6 Å². The van der Waals surface area contributed by atoms with Gasteiger partial charge in [-0.05, 0) is 159 Å². The summed E-state index contributed by atoms with van der Waals surface area (Å²) in [6.45, 7) is 19.7. The van der Waals surface area contributed by atoms with E-state index in [1.165, 1.54) is 23.2 Å². The number of aryl methyl sites for hydroxylation is 2. The van der Waals surface area contributed by atoms with E-state index >= 15 is 0 Å². The van der Waals surface area contributed by atoms with E-state index in [1.807, 2.05) is 58.9 Å². The fourth-order valence-corrected chi connectivity index (χ4v) is 7.20. The molecular formula is C58H62Cl2F4N6O6. The molecule has 0 fully saturated rings. The Hall–Kier alpha value is -7.56. The highest BCUT2D eigenvalue weighted by Crippen LogP contribution is 2.28. The van der Waals surface area contributed by atoms with Crippen LogP contribution in [0.3, 0.4) is 0 Å². The van der Waals surface area contributed by atoms with E-state index in [-0.39, 0.29) is 21.5 Å². The van der Waals surface area contributed by atoms with Crippen LogP contribution in [0.2, 0.25) is 10.0 Å². The van der Waals surface area contributed by atoms with Crippen LogP contribution in [0.25, 0.3) is 0 Å². The minimum absolute atomic E-state index is 0.162. The first kappa shape index (κ1) is 61.0. The largest absolute Gasteiger partial charge is 0.275 e. The molecule has 0 spiro atoms. The van der Waals surface area contributed by atoms with Crippen LogP contribution in [0, 0.1) is 23.3 Å². The summed E-state index contributed by atoms with van der Waals surface area (Å²) in [4.78, 5) is 75.8. The number of rotatable bonds is 8. The number of hydrogen-bond donors (Lipinski definition) is 3. The lowest BCUT2D eigenvalue weighted by atomic mass is 10.1. The van der Waals surface area contributed by atoms with Gasteiger partial charge in [0.05, 0.1) is 43.4 Å². The second-order valence-corrected chi connectivity index (χ2v) is 20.8. The summed E-state index contributed by atoms with van der Waals surface area (Å²) >= 11 is 12.2. The molecular weight excluding hydrogens is 1020 g/mol. The molecule has 0 bridgehead atoms. The van der Waals surface area contributed by atoms with E-state index in [4.69, 9.17) is 23.2 Å². The molecule has 0 saturated carbocycles. The zero-order valence-corrected chi connectivity index (χ0v) is 45.7. The van der Waals surface area contributed by atoms with Crippen molar-refractivity contribution in [3.63, 3.8) is 0 Å². The third-order valence-electron chi connectivity index (χ3n) is 11.1. The highest BCUT2D eigenvalue weighted by Gasteiger charge is 2.34. The van der Waals surface area contributed by atoms with Gasteiger partial charge in [0.15, 0.2) is 23.3 Å². The zero-order chi connectivity index (χ0) is 56.9. The smallest absolute Gasteiger partial charge is 0.267 e. The van der Waals surface area contributed by atoms with Gasteiger partial charge in [0, 0.05) is 16.7 Å². The molecule has 0 atom stereocenters. The molecule has 402 valence electrons. The summed E-state index contributed by atoms with van der Waals surface area (Å²) in [5.74, 6) is -8.22. The molecule has 3 N–H and O–H groups in total. The number of carbonyl (C=O) groups excluding carboxylic acids is 6. The minimum Gasteiger partial charge on any atom is -0.267 e. The number of hydrazine groups is 3. The molecule has 6 amide bonds. The highest BCUT2D eigenvalue weighted by molar-refractivity contribution is 6.43. The van der Waals surface area contributed by atoms with Crippen LogP contribution in [0.15, 0.2) is 133 Å². The maximum atomic E-state index is 14.0. The molecule has 12 nitrogen and oxygen atoms in total. The first-order valence-corrected chi connectivity index (χ1v) is 24.8. The van der Waals surface area contributed by atoms with Crippen molar-refractivity contribution in [1.29, 1.82) is 0 Å². The van der Waals surface area contributed by atoms with Crippen LogP contribution in [0.1, 0.15) is 149 Å². The maximum absolute atomic E-state index is 14.0. The first-order valence-electron chi connectivity index (χ1n) is 24.0. The molecule has 0 aliphatic heterocycles. The van der Waals surface area contributed by atoms with Crippen molar-refractivity contribution in [2.75, 3.05) is 0 Å². The van der Waals surface area contributed by atoms with Crippen LogP contribution in [0.5, 0.6) is 0 Å². The van der Waals surface area contributed by atoms with Crippen molar-refractivity contribution < 1.29 is 46.3 Å². The lowest BCUT2D eigenvalue weighted by Crippen LogP contribution is -2.56. The van der Waals surface area contributed by atoms with Crippen LogP contribution in [-0.4, -0.2) is 67.1 Å². The minimum atomic E-state index is -1.25. The second-order valence-electron chi connectivity index (χ2n) is 20.0. The Labute approximate surface area is 451 Å². The Kier molecular flexibility index (Phi) is 21.1. The standard InChI is InChI=1S/C20H22Cl2N2O2.C20H22F2N2O2.C18H18F2N2O2/c2*1-5-13-9-11-14(12-10-13)18(25)23-24(20(2,3)4)19(26)15-7-6-8-16(21)17(15)22;1-18(2,3)22(17(24)12-8-5-4-6-9-12)21-16(23)13-10-7-11-14(19)15(13)20/h2*6-12H,5H2,1-4H3,(H,23,25);4-11H,1-3H3,(H,21,23). The van der Waals surface area contributed by atoms with E-state index < -0.39 is 80.5 Å². The summed E-state index contributed by atoms with van der Waals surface area (Å²) in [5.41, 5.74) is 8.04. The molecule has 0 unspecified atom stereocenters. The van der Waals surface area contributed by atoms with Gasteiger partial charge in [0.2, 0.25) is 0 Å². The van der Waals surface area contributed by atoms with Crippen LogP contribution in [-0.2, 0) is 12.8 Å². The predicted molar refractivity (Wildman–Crippen MR) is 287 cm³/mol. The summed E-state index contributed by atoms with van der Waals surface area (Å²) in [6.07, 6.45) is 1.73. The molecule has 76 heavy (non-hydrogen) atoms. The highest BCUT2D eigenvalue weighted by atomic mass is 35.5. The average molecular weight is 1090 g/mol. The summed E-state index contributed by atoms with van der Waals surface area (Å²) in [7, 11) is 0. The van der Waals surface area contributed by atoms with Gasteiger partial charge in [-0.25, -0.2) is 32.6 Å². The van der Waals surface area contributed by atoms with Crippen molar-refractivity contribution in [1.82, 2.24) is 31.3 Å². The van der Waals surface area contributed by atoms with Crippen molar-refractivity contribution in [3.8, 4) is 0 Å². The summed E-state index contributed by atoms with van der Waals surface area (Å²) < 4.78 is 54.6. The van der Waals surface area contributed by atoms with Crippen LogP contribution >= 0.6 is 23.2 Å². The molecule has 0 heterocycles. The molecule has 0 saturated heterocycles. The maximum Gasteiger partial charge on any atom is 0.275 e. The SMILES string of the molecule is CC(C)(C)N(NC(=O)c1cccc(F)c1F)C(=O)c1ccccc1.CCc1ccc(C(=O)NN(C(=O)c2cccc(Cl)c2Cl)C(C)(C)C)cc1.CCc1ccc(C(=O)NN(C(=O)c2cccc(F)c2F)C(C)(C)C)cc1.